The van der Waals surface area contributed by atoms with Crippen LogP contribution in [0, 0.1) is 5.41 Å². The largest absolute Gasteiger partial charge is 0.391 e. The lowest BCUT2D eigenvalue weighted by Gasteiger charge is -2.35. The molecule has 1 amide bonds. The van der Waals surface area contributed by atoms with E-state index in [1.165, 1.54) is 0 Å². The van der Waals surface area contributed by atoms with Crippen molar-refractivity contribution in [2.75, 3.05) is 40.4 Å². The fourth-order valence-electron chi connectivity index (χ4n) is 2.97. The Morgan fingerprint density at radius 1 is 1.58 bits per heavy atom. The second-order valence-corrected chi connectivity index (χ2v) is 6.30. The smallest absolute Gasteiger partial charge is 0.232 e. The minimum atomic E-state index is -0.658. The topological polar surface area (TPSA) is 79.0 Å². The van der Waals surface area contributed by atoms with Crippen molar-refractivity contribution in [2.24, 2.45) is 11.1 Å². The van der Waals surface area contributed by atoms with E-state index in [4.69, 9.17) is 10.5 Å². The normalized spacial score (nSPS) is 39.3. The number of hydrogen-bond acceptors (Lipinski definition) is 5. The van der Waals surface area contributed by atoms with E-state index in [0.29, 0.717) is 26.2 Å². The van der Waals surface area contributed by atoms with Crippen molar-refractivity contribution in [3.63, 3.8) is 0 Å². The lowest BCUT2D eigenvalue weighted by Crippen LogP contribution is -2.54. The van der Waals surface area contributed by atoms with Crippen LogP contribution in [0.5, 0.6) is 0 Å². The molecule has 2 fully saturated rings. The van der Waals surface area contributed by atoms with E-state index in [2.05, 4.69) is 0 Å². The summed E-state index contributed by atoms with van der Waals surface area (Å²) < 4.78 is 5.35. The van der Waals surface area contributed by atoms with Gasteiger partial charge in [0, 0.05) is 25.2 Å². The minimum absolute atomic E-state index is 0.0147. The van der Waals surface area contributed by atoms with Gasteiger partial charge in [0.25, 0.3) is 0 Å². The number of likely N-dealkylation sites (N-methyl/N-ethyl adjacent to an activating group) is 1. The van der Waals surface area contributed by atoms with Crippen LogP contribution < -0.4 is 5.73 Å². The maximum atomic E-state index is 12.8. The number of hydrogen-bond donors (Lipinski definition) is 2. The Morgan fingerprint density at radius 2 is 2.26 bits per heavy atom. The summed E-state index contributed by atoms with van der Waals surface area (Å²) in [6, 6.07) is -0.208. The number of β-amino-alcohol motifs (C(OH)–C–C–N with tert-alkyl or cyclic N) is 1. The molecule has 0 aromatic carbocycles. The maximum Gasteiger partial charge on any atom is 0.232 e. The quantitative estimate of drug-likeness (QED) is 0.679. The van der Waals surface area contributed by atoms with Gasteiger partial charge < -0.3 is 25.4 Å². The highest BCUT2D eigenvalue weighted by atomic mass is 16.5. The lowest BCUT2D eigenvalue weighted by molar-refractivity contribution is -0.143. The zero-order valence-corrected chi connectivity index (χ0v) is 12.0. The molecule has 2 rings (SSSR count). The fourth-order valence-corrected chi connectivity index (χ4v) is 2.97. The molecule has 0 saturated carbocycles. The Bertz CT molecular complexity index is 350. The number of aliphatic hydroxyl groups excluding tert-OH is 1. The van der Waals surface area contributed by atoms with Crippen LogP contribution in [-0.4, -0.2) is 79.4 Å². The first-order chi connectivity index (χ1) is 8.84. The molecule has 2 aliphatic rings. The third-order valence-corrected chi connectivity index (χ3v) is 4.24. The molecule has 110 valence electrons. The molecule has 0 bridgehead atoms. The van der Waals surface area contributed by atoms with Crippen molar-refractivity contribution >= 4 is 5.91 Å². The number of rotatable bonds is 3. The molecule has 0 aromatic heterocycles. The lowest BCUT2D eigenvalue weighted by atomic mass is 9.84. The van der Waals surface area contributed by atoms with Crippen molar-refractivity contribution in [2.45, 2.75) is 31.5 Å². The zero-order valence-electron chi connectivity index (χ0n) is 12.0. The van der Waals surface area contributed by atoms with Crippen LogP contribution in [0.3, 0.4) is 0 Å². The van der Waals surface area contributed by atoms with Crippen molar-refractivity contribution in [3.05, 3.63) is 0 Å². The number of likely N-dealkylation sites (tertiary alicyclic amines) is 1. The first-order valence-corrected chi connectivity index (χ1v) is 6.82. The van der Waals surface area contributed by atoms with Crippen LogP contribution in [0.1, 0.15) is 13.3 Å². The van der Waals surface area contributed by atoms with E-state index in [9.17, 15) is 9.90 Å². The summed E-state index contributed by atoms with van der Waals surface area (Å²) >= 11 is 0. The van der Waals surface area contributed by atoms with E-state index in [0.717, 1.165) is 6.54 Å². The summed E-state index contributed by atoms with van der Waals surface area (Å²) in [4.78, 5) is 16.6. The zero-order chi connectivity index (χ0) is 14.2. The van der Waals surface area contributed by atoms with E-state index >= 15 is 0 Å². The van der Waals surface area contributed by atoms with Crippen LogP contribution in [-0.2, 0) is 9.53 Å². The van der Waals surface area contributed by atoms with E-state index < -0.39 is 11.5 Å². The number of nitrogens with zero attached hydrogens (tertiary/aromatic N) is 2. The van der Waals surface area contributed by atoms with Crippen molar-refractivity contribution in [3.8, 4) is 0 Å². The summed E-state index contributed by atoms with van der Waals surface area (Å²) in [5.74, 6) is 0.0147. The summed E-state index contributed by atoms with van der Waals surface area (Å²) in [7, 11) is 3.94. The molecule has 0 aromatic rings. The van der Waals surface area contributed by atoms with Crippen LogP contribution in [0.15, 0.2) is 0 Å². The van der Waals surface area contributed by atoms with Crippen molar-refractivity contribution < 1.29 is 14.6 Å². The summed E-state index contributed by atoms with van der Waals surface area (Å²) in [6.45, 7) is 3.82. The predicted molar refractivity (Wildman–Crippen MR) is 71.6 cm³/mol. The van der Waals surface area contributed by atoms with Gasteiger partial charge in [0.15, 0.2) is 0 Å². The SMILES string of the molecule is CN(C)CC1CC(O)CN1C(=O)C1(C)COCC1N. The number of carbonyl (C=O) groups excluding carboxylic acids is 1. The summed E-state index contributed by atoms with van der Waals surface area (Å²) in [5.41, 5.74) is 5.36. The van der Waals surface area contributed by atoms with E-state index in [1.54, 1.807) is 4.90 Å². The standard InChI is InChI=1S/C13H25N3O3/c1-13(8-19-7-11(13)14)12(18)16-6-10(17)4-9(16)5-15(2)3/h9-11,17H,4-8,14H2,1-3H3. The van der Waals surface area contributed by atoms with Crippen LogP contribution in [0.25, 0.3) is 0 Å². The van der Waals surface area contributed by atoms with Gasteiger partial charge >= 0.3 is 0 Å². The molecule has 0 aliphatic carbocycles. The first-order valence-electron chi connectivity index (χ1n) is 6.82. The Hall–Kier alpha value is -0.690. The molecule has 4 unspecified atom stereocenters. The average Bonchev–Trinajstić information content (AvgIpc) is 2.83. The Kier molecular flexibility index (Phi) is 4.15. The second-order valence-electron chi connectivity index (χ2n) is 6.30. The van der Waals surface area contributed by atoms with E-state index in [-0.39, 0.29) is 18.0 Å². The highest BCUT2D eigenvalue weighted by Gasteiger charge is 2.49. The van der Waals surface area contributed by atoms with Gasteiger partial charge in [-0.3, -0.25) is 4.79 Å². The molecule has 2 aliphatic heterocycles. The summed E-state index contributed by atoms with van der Waals surface area (Å²) in [5, 5.41) is 9.85. The third kappa shape index (κ3) is 2.76. The number of carbonyl (C=O) groups is 1. The highest BCUT2D eigenvalue weighted by molar-refractivity contribution is 5.84. The van der Waals surface area contributed by atoms with Gasteiger partial charge in [0.2, 0.25) is 5.91 Å². The predicted octanol–water partition coefficient (Wildman–Crippen LogP) is -1.13. The second kappa shape index (κ2) is 5.36. The van der Waals surface area contributed by atoms with Crippen molar-refractivity contribution in [1.82, 2.24) is 9.80 Å². The molecule has 2 heterocycles. The molecule has 0 radical (unpaired) electrons. The van der Waals surface area contributed by atoms with E-state index in [1.807, 2.05) is 25.9 Å². The number of nitrogens with two attached hydrogens (primary N) is 1. The molecule has 6 heteroatoms. The van der Waals surface area contributed by atoms with Gasteiger partial charge in [-0.25, -0.2) is 0 Å². The molecule has 0 spiro atoms. The molecule has 3 N–H and O–H groups in total. The van der Waals surface area contributed by atoms with Crippen LogP contribution in [0.2, 0.25) is 0 Å². The summed E-state index contributed by atoms with van der Waals surface area (Å²) in [6.07, 6.45) is 0.201. The fraction of sp³-hybridized carbons (Fsp3) is 0.923. The number of amides is 1. The third-order valence-electron chi connectivity index (χ3n) is 4.24. The van der Waals surface area contributed by atoms with Crippen LogP contribution in [0.4, 0.5) is 0 Å². The van der Waals surface area contributed by atoms with Gasteiger partial charge in [0.1, 0.15) is 0 Å². The van der Waals surface area contributed by atoms with Gasteiger partial charge in [-0.15, -0.1) is 0 Å². The van der Waals surface area contributed by atoms with Crippen LogP contribution >= 0.6 is 0 Å². The van der Waals surface area contributed by atoms with Gasteiger partial charge in [-0.1, -0.05) is 0 Å². The number of aliphatic hydroxyl groups is 1. The Balaban J connectivity index is 2.12. The molecular weight excluding hydrogens is 246 g/mol. The van der Waals surface area contributed by atoms with Gasteiger partial charge in [-0.2, -0.15) is 0 Å². The van der Waals surface area contributed by atoms with Gasteiger partial charge in [-0.05, 0) is 27.4 Å². The van der Waals surface area contributed by atoms with Gasteiger partial charge in [0.05, 0.1) is 24.7 Å². The monoisotopic (exact) mass is 271 g/mol. The maximum absolute atomic E-state index is 12.8. The Morgan fingerprint density at radius 3 is 2.79 bits per heavy atom. The molecule has 19 heavy (non-hydrogen) atoms. The molecule has 6 nitrogen and oxygen atoms in total. The highest BCUT2D eigenvalue weighted by Crippen LogP contribution is 2.32. The Labute approximate surface area is 114 Å². The molecular formula is C13H25N3O3. The average molecular weight is 271 g/mol. The van der Waals surface area contributed by atoms with Crippen molar-refractivity contribution in [1.29, 1.82) is 0 Å². The molecule has 2 saturated heterocycles. The minimum Gasteiger partial charge on any atom is -0.391 e. The first kappa shape index (κ1) is 14.7. The molecule has 4 atom stereocenters. The number of ether oxygens (including phenoxy) is 1.